The minimum absolute atomic E-state index is 0.0243. The number of imide groups is 1. The third-order valence-electron chi connectivity index (χ3n) is 4.96. The molecule has 0 bridgehead atoms. The van der Waals surface area contributed by atoms with E-state index in [2.05, 4.69) is 15.2 Å². The Hall–Kier alpha value is -2.52. The van der Waals surface area contributed by atoms with Gasteiger partial charge in [-0.25, -0.2) is 9.78 Å². The summed E-state index contributed by atoms with van der Waals surface area (Å²) in [5, 5.41) is 11.2. The van der Waals surface area contributed by atoms with Gasteiger partial charge in [0.1, 0.15) is 12.4 Å². The summed E-state index contributed by atoms with van der Waals surface area (Å²) in [5.41, 5.74) is 7.09. The summed E-state index contributed by atoms with van der Waals surface area (Å²) in [7, 11) is 0. The Kier molecular flexibility index (Phi) is 5.48. The predicted octanol–water partition coefficient (Wildman–Crippen LogP) is 0.324. The van der Waals surface area contributed by atoms with Gasteiger partial charge in [-0.3, -0.25) is 19.8 Å². The van der Waals surface area contributed by atoms with Gasteiger partial charge in [0.05, 0.1) is 5.92 Å². The summed E-state index contributed by atoms with van der Waals surface area (Å²) in [6.45, 7) is 2.33. The van der Waals surface area contributed by atoms with Crippen LogP contribution in [0.4, 0.5) is 10.6 Å². The molecule has 2 aliphatic heterocycles. The second-order valence-corrected chi connectivity index (χ2v) is 6.74. The van der Waals surface area contributed by atoms with Crippen LogP contribution < -0.4 is 16.0 Å². The van der Waals surface area contributed by atoms with Gasteiger partial charge in [-0.2, -0.15) is 0 Å². The highest BCUT2D eigenvalue weighted by molar-refractivity contribution is 6.11. The van der Waals surface area contributed by atoms with Crippen molar-refractivity contribution in [3.05, 3.63) is 23.9 Å². The fourth-order valence-corrected chi connectivity index (χ4v) is 3.30. The van der Waals surface area contributed by atoms with Crippen molar-refractivity contribution in [3.8, 4) is 0 Å². The number of nitrogens with zero attached hydrogens (tertiary/aromatic N) is 3. The van der Waals surface area contributed by atoms with Gasteiger partial charge in [0.15, 0.2) is 0 Å². The van der Waals surface area contributed by atoms with E-state index in [4.69, 9.17) is 10.8 Å². The van der Waals surface area contributed by atoms with Gasteiger partial charge in [0.2, 0.25) is 5.91 Å². The number of piperidine rings is 1. The van der Waals surface area contributed by atoms with Crippen molar-refractivity contribution in [1.29, 1.82) is 0 Å². The number of anilines is 1. The molecule has 1 aromatic heterocycles. The number of carbonyl (C=O) groups excluding carboxylic acids is 2. The fourth-order valence-electron chi connectivity index (χ4n) is 3.30. The molecule has 3 heterocycles. The minimum Gasteiger partial charge on any atom is -0.481 e. The number of pyridine rings is 1. The maximum atomic E-state index is 11.6. The summed E-state index contributed by atoms with van der Waals surface area (Å²) < 4.78 is 0. The molecule has 2 fully saturated rings. The molecule has 0 saturated carbocycles. The highest BCUT2D eigenvalue weighted by atomic mass is 16.4. The lowest BCUT2D eigenvalue weighted by Crippen LogP contribution is -2.37. The number of likely N-dealkylation sites (tertiary alicyclic amines) is 1. The molecule has 4 N–H and O–H groups in total. The summed E-state index contributed by atoms with van der Waals surface area (Å²) >= 11 is 0. The van der Waals surface area contributed by atoms with Crippen LogP contribution >= 0.6 is 0 Å². The summed E-state index contributed by atoms with van der Waals surface area (Å²) in [5.74, 6) is -0.864. The second kappa shape index (κ2) is 7.79. The molecule has 3 rings (SSSR count). The summed E-state index contributed by atoms with van der Waals surface area (Å²) in [4.78, 5) is 41.6. The normalized spacial score (nSPS) is 20.3. The van der Waals surface area contributed by atoms with Crippen LogP contribution in [0, 0.1) is 5.92 Å². The number of hydrogen-bond acceptors (Lipinski definition) is 6. The van der Waals surface area contributed by atoms with E-state index < -0.39 is 12.0 Å². The van der Waals surface area contributed by atoms with Crippen molar-refractivity contribution in [2.75, 3.05) is 31.1 Å². The SMILES string of the molecule is NC(CCN1CCC(C(=O)O)CC1)c1ccc(N2CC(=O)NC2=O)nc1. The van der Waals surface area contributed by atoms with E-state index in [0.717, 1.165) is 31.6 Å². The molecule has 26 heavy (non-hydrogen) atoms. The maximum absolute atomic E-state index is 11.6. The van der Waals surface area contributed by atoms with Crippen molar-refractivity contribution >= 4 is 23.7 Å². The molecule has 2 saturated heterocycles. The average Bonchev–Trinajstić information content (AvgIpc) is 2.98. The lowest BCUT2D eigenvalue weighted by atomic mass is 9.96. The largest absolute Gasteiger partial charge is 0.481 e. The Morgan fingerprint density at radius 2 is 2.08 bits per heavy atom. The molecule has 1 atom stereocenters. The molecular formula is C17H23N5O4. The Bertz CT molecular complexity index is 685. The number of carboxylic acid groups (broad SMARTS) is 1. The number of rotatable bonds is 6. The molecular weight excluding hydrogens is 338 g/mol. The molecule has 9 heteroatoms. The van der Waals surface area contributed by atoms with Crippen LogP contribution in [0.5, 0.6) is 0 Å². The van der Waals surface area contributed by atoms with Crippen LogP contribution in [-0.4, -0.2) is 59.1 Å². The summed E-state index contributed by atoms with van der Waals surface area (Å²) in [6, 6.07) is 2.85. The number of nitrogens with two attached hydrogens (primary N) is 1. The van der Waals surface area contributed by atoms with Gasteiger partial charge in [0.25, 0.3) is 0 Å². The van der Waals surface area contributed by atoms with Crippen LogP contribution in [0.25, 0.3) is 0 Å². The van der Waals surface area contributed by atoms with E-state index in [9.17, 15) is 14.4 Å². The topological polar surface area (TPSA) is 129 Å². The number of carbonyl (C=O) groups is 3. The smallest absolute Gasteiger partial charge is 0.330 e. The van der Waals surface area contributed by atoms with E-state index >= 15 is 0 Å². The van der Waals surface area contributed by atoms with E-state index in [-0.39, 0.29) is 24.4 Å². The monoisotopic (exact) mass is 361 g/mol. The van der Waals surface area contributed by atoms with E-state index in [0.29, 0.717) is 18.7 Å². The molecule has 1 unspecified atom stereocenters. The molecule has 3 amide bonds. The van der Waals surface area contributed by atoms with Crippen LogP contribution in [0.1, 0.15) is 30.9 Å². The third-order valence-corrected chi connectivity index (χ3v) is 4.96. The molecule has 2 aliphatic rings. The number of carboxylic acids is 1. The number of nitrogens with one attached hydrogen (secondary N) is 1. The van der Waals surface area contributed by atoms with E-state index in [1.807, 2.05) is 6.07 Å². The van der Waals surface area contributed by atoms with E-state index in [1.54, 1.807) is 12.3 Å². The molecule has 0 aromatic carbocycles. The van der Waals surface area contributed by atoms with Crippen molar-refractivity contribution in [3.63, 3.8) is 0 Å². The van der Waals surface area contributed by atoms with Gasteiger partial charge >= 0.3 is 12.0 Å². The lowest BCUT2D eigenvalue weighted by Gasteiger charge is -2.30. The van der Waals surface area contributed by atoms with Gasteiger partial charge in [-0.05, 0) is 50.5 Å². The van der Waals surface area contributed by atoms with Crippen LogP contribution in [0.3, 0.4) is 0 Å². The molecule has 1 aromatic rings. The molecule has 0 aliphatic carbocycles. The summed E-state index contributed by atoms with van der Waals surface area (Å²) in [6.07, 6.45) is 3.73. The Balaban J connectivity index is 1.49. The fraction of sp³-hybridized carbons (Fsp3) is 0.529. The Labute approximate surface area is 151 Å². The lowest BCUT2D eigenvalue weighted by molar-refractivity contribution is -0.143. The van der Waals surface area contributed by atoms with Gasteiger partial charge in [0, 0.05) is 12.2 Å². The van der Waals surface area contributed by atoms with Gasteiger partial charge < -0.3 is 15.7 Å². The number of amides is 3. The van der Waals surface area contributed by atoms with Crippen LogP contribution in [-0.2, 0) is 9.59 Å². The standard InChI is InChI=1S/C17H23N5O4/c18-13(5-8-21-6-3-11(4-7-21)16(24)25)12-1-2-14(19-9-12)22-10-15(23)20-17(22)26/h1-2,9,11,13H,3-8,10,18H2,(H,24,25)(H,20,23,26). The highest BCUT2D eigenvalue weighted by Gasteiger charge is 2.29. The number of aliphatic carboxylic acids is 1. The maximum Gasteiger partial charge on any atom is 0.330 e. The first kappa shape index (κ1) is 18.3. The number of urea groups is 1. The Morgan fingerprint density at radius 3 is 2.62 bits per heavy atom. The molecule has 0 spiro atoms. The molecule has 0 radical (unpaired) electrons. The zero-order chi connectivity index (χ0) is 18.7. The second-order valence-electron chi connectivity index (χ2n) is 6.74. The quantitative estimate of drug-likeness (QED) is 0.623. The highest BCUT2D eigenvalue weighted by Crippen LogP contribution is 2.21. The number of hydrogen-bond donors (Lipinski definition) is 3. The van der Waals surface area contributed by atoms with Gasteiger partial charge in [-0.1, -0.05) is 6.07 Å². The third kappa shape index (κ3) is 4.17. The van der Waals surface area contributed by atoms with Crippen molar-refractivity contribution in [1.82, 2.24) is 15.2 Å². The number of aromatic nitrogens is 1. The van der Waals surface area contributed by atoms with Crippen LogP contribution in [0.15, 0.2) is 18.3 Å². The molecule has 140 valence electrons. The van der Waals surface area contributed by atoms with Crippen molar-refractivity contribution in [2.24, 2.45) is 11.7 Å². The zero-order valence-corrected chi connectivity index (χ0v) is 14.4. The van der Waals surface area contributed by atoms with Gasteiger partial charge in [-0.15, -0.1) is 0 Å². The Morgan fingerprint density at radius 1 is 1.35 bits per heavy atom. The van der Waals surface area contributed by atoms with Crippen molar-refractivity contribution in [2.45, 2.75) is 25.3 Å². The minimum atomic E-state index is -0.708. The predicted molar refractivity (Wildman–Crippen MR) is 93.5 cm³/mol. The zero-order valence-electron chi connectivity index (χ0n) is 14.4. The van der Waals surface area contributed by atoms with Crippen molar-refractivity contribution < 1.29 is 19.5 Å². The first-order chi connectivity index (χ1) is 12.4. The average molecular weight is 361 g/mol. The first-order valence-corrected chi connectivity index (χ1v) is 8.72. The molecule has 9 nitrogen and oxygen atoms in total. The first-order valence-electron chi connectivity index (χ1n) is 8.72. The van der Waals surface area contributed by atoms with E-state index in [1.165, 1.54) is 4.90 Å². The van der Waals surface area contributed by atoms with Crippen LogP contribution in [0.2, 0.25) is 0 Å².